The summed E-state index contributed by atoms with van der Waals surface area (Å²) in [5, 5.41) is 3.78. The molecule has 0 amide bonds. The highest BCUT2D eigenvalue weighted by atomic mass is 35.5. The number of sulfonamides is 1. The summed E-state index contributed by atoms with van der Waals surface area (Å²) in [7, 11) is -1.60. The fraction of sp³-hybridized carbons (Fsp3) is 0.471. The third-order valence-electron chi connectivity index (χ3n) is 4.52. The molecular weight excluding hydrogens is 360 g/mol. The van der Waals surface area contributed by atoms with E-state index in [2.05, 4.69) is 10.3 Å². The molecule has 2 aromatic rings. The molecule has 3 rings (SSSR count). The second-order valence-corrected chi connectivity index (χ2v) is 8.58. The van der Waals surface area contributed by atoms with Crippen LogP contribution in [-0.2, 0) is 23.6 Å². The van der Waals surface area contributed by atoms with Gasteiger partial charge in [-0.25, -0.2) is 13.4 Å². The van der Waals surface area contributed by atoms with Crippen molar-refractivity contribution in [3.05, 3.63) is 41.4 Å². The maximum Gasteiger partial charge on any atom is 0.243 e. The summed E-state index contributed by atoms with van der Waals surface area (Å²) in [4.78, 5) is 4.56. The van der Waals surface area contributed by atoms with Crippen LogP contribution >= 0.6 is 11.6 Å². The number of hydrogen-bond acceptors (Lipinski definition) is 4. The van der Waals surface area contributed by atoms with Crippen molar-refractivity contribution in [3.8, 4) is 0 Å². The molecule has 2 heterocycles. The molecule has 1 N–H and O–H groups in total. The minimum atomic E-state index is -3.44. The molecule has 1 aromatic heterocycles. The number of nitrogens with zero attached hydrogens (tertiary/aromatic N) is 3. The van der Waals surface area contributed by atoms with Crippen LogP contribution in [0.2, 0.25) is 5.15 Å². The van der Waals surface area contributed by atoms with Gasteiger partial charge in [-0.1, -0.05) is 30.5 Å². The van der Waals surface area contributed by atoms with Gasteiger partial charge in [-0.3, -0.25) is 0 Å². The highest BCUT2D eigenvalue weighted by Crippen LogP contribution is 2.23. The predicted molar refractivity (Wildman–Crippen MR) is 99.2 cm³/mol. The van der Waals surface area contributed by atoms with Crippen molar-refractivity contribution < 1.29 is 8.42 Å². The summed E-state index contributed by atoms with van der Waals surface area (Å²) in [6, 6.07) is 6.96. The van der Waals surface area contributed by atoms with Gasteiger partial charge < -0.3 is 9.88 Å². The second kappa shape index (κ2) is 7.76. The van der Waals surface area contributed by atoms with Crippen LogP contribution in [0.5, 0.6) is 0 Å². The zero-order valence-electron chi connectivity index (χ0n) is 14.3. The zero-order chi connectivity index (χ0) is 17.9. The lowest BCUT2D eigenvalue weighted by molar-refractivity contribution is 0.424. The molecule has 0 unspecified atom stereocenters. The van der Waals surface area contributed by atoms with Crippen LogP contribution < -0.4 is 5.32 Å². The SMILES string of the molecule is Cn1c(Cl)cnc1CNc1cccc(S(=O)(=O)N2CCCCCC2)c1. The molecule has 0 radical (unpaired) electrons. The Kier molecular flexibility index (Phi) is 5.66. The number of aromatic nitrogens is 2. The average molecular weight is 383 g/mol. The standard InChI is InChI=1S/C17H23ClN4O2S/c1-21-16(18)12-20-17(21)13-19-14-7-6-8-15(11-14)25(23,24)22-9-4-2-3-5-10-22/h6-8,11-12,19H,2-5,9-10,13H2,1H3. The predicted octanol–water partition coefficient (Wildman–Crippen LogP) is 3.25. The quantitative estimate of drug-likeness (QED) is 0.861. The first-order valence-electron chi connectivity index (χ1n) is 8.48. The summed E-state index contributed by atoms with van der Waals surface area (Å²) in [5.74, 6) is 0.783. The van der Waals surface area contributed by atoms with Crippen LogP contribution in [0.1, 0.15) is 31.5 Å². The summed E-state index contributed by atoms with van der Waals surface area (Å²) in [6.07, 6.45) is 5.65. The summed E-state index contributed by atoms with van der Waals surface area (Å²) in [6.45, 7) is 1.67. The Morgan fingerprint density at radius 3 is 2.56 bits per heavy atom. The molecule has 0 saturated carbocycles. The minimum absolute atomic E-state index is 0.331. The molecule has 8 heteroatoms. The highest BCUT2D eigenvalue weighted by Gasteiger charge is 2.25. The lowest BCUT2D eigenvalue weighted by Crippen LogP contribution is -2.31. The molecule has 1 fully saturated rings. The number of benzene rings is 1. The van der Waals surface area contributed by atoms with Crippen LogP contribution in [0.15, 0.2) is 35.4 Å². The lowest BCUT2D eigenvalue weighted by atomic mass is 10.2. The van der Waals surface area contributed by atoms with E-state index in [1.807, 2.05) is 13.1 Å². The number of anilines is 1. The van der Waals surface area contributed by atoms with Gasteiger partial charge in [0.2, 0.25) is 10.0 Å². The smallest absolute Gasteiger partial charge is 0.243 e. The molecular formula is C17H23ClN4O2S. The Balaban J connectivity index is 1.75. The first-order chi connectivity index (χ1) is 12.0. The molecule has 1 aromatic carbocycles. The maximum absolute atomic E-state index is 12.9. The Hall–Kier alpha value is -1.57. The zero-order valence-corrected chi connectivity index (χ0v) is 15.9. The third-order valence-corrected chi connectivity index (χ3v) is 6.76. The van der Waals surface area contributed by atoms with Gasteiger partial charge in [0.1, 0.15) is 11.0 Å². The molecule has 136 valence electrons. The molecule has 1 aliphatic rings. The van der Waals surface area contributed by atoms with Gasteiger partial charge in [-0.05, 0) is 31.0 Å². The van der Waals surface area contributed by atoms with Gasteiger partial charge in [0, 0.05) is 25.8 Å². The van der Waals surface area contributed by atoms with Crippen LogP contribution in [-0.4, -0.2) is 35.4 Å². The van der Waals surface area contributed by atoms with Crippen LogP contribution in [0.4, 0.5) is 5.69 Å². The van der Waals surface area contributed by atoms with Crippen LogP contribution in [0.3, 0.4) is 0 Å². The van der Waals surface area contributed by atoms with E-state index in [1.165, 1.54) is 0 Å². The molecule has 0 aliphatic carbocycles. The molecule has 0 atom stereocenters. The van der Waals surface area contributed by atoms with Crippen molar-refractivity contribution in [3.63, 3.8) is 0 Å². The monoisotopic (exact) mass is 382 g/mol. The summed E-state index contributed by atoms with van der Waals surface area (Å²) < 4.78 is 29.2. The first kappa shape index (κ1) is 18.2. The van der Waals surface area contributed by atoms with Crippen molar-refractivity contribution in [2.45, 2.75) is 37.1 Å². The van der Waals surface area contributed by atoms with E-state index in [1.54, 1.807) is 33.3 Å². The van der Waals surface area contributed by atoms with Crippen LogP contribution in [0, 0.1) is 0 Å². The van der Waals surface area contributed by atoms with E-state index in [4.69, 9.17) is 11.6 Å². The van der Waals surface area contributed by atoms with Crippen molar-refractivity contribution >= 4 is 27.3 Å². The lowest BCUT2D eigenvalue weighted by Gasteiger charge is -2.20. The van der Waals surface area contributed by atoms with Crippen molar-refractivity contribution in [1.82, 2.24) is 13.9 Å². The van der Waals surface area contributed by atoms with Crippen molar-refractivity contribution in [2.24, 2.45) is 7.05 Å². The Morgan fingerprint density at radius 1 is 1.20 bits per heavy atom. The van der Waals surface area contributed by atoms with Crippen molar-refractivity contribution in [1.29, 1.82) is 0 Å². The number of hydrogen-bond donors (Lipinski definition) is 1. The normalized spacial score (nSPS) is 16.6. The van der Waals surface area contributed by atoms with Gasteiger partial charge >= 0.3 is 0 Å². The molecule has 6 nitrogen and oxygen atoms in total. The van der Waals surface area contributed by atoms with Crippen molar-refractivity contribution in [2.75, 3.05) is 18.4 Å². The minimum Gasteiger partial charge on any atom is -0.378 e. The summed E-state index contributed by atoms with van der Waals surface area (Å²) in [5.41, 5.74) is 0.745. The molecule has 1 aliphatic heterocycles. The van der Waals surface area contributed by atoms with E-state index in [9.17, 15) is 8.42 Å². The maximum atomic E-state index is 12.9. The first-order valence-corrected chi connectivity index (χ1v) is 10.3. The second-order valence-electron chi connectivity index (χ2n) is 6.26. The van der Waals surface area contributed by atoms with Gasteiger partial charge in [0.15, 0.2) is 0 Å². The van der Waals surface area contributed by atoms with Gasteiger partial charge in [-0.15, -0.1) is 0 Å². The molecule has 0 spiro atoms. The molecule has 25 heavy (non-hydrogen) atoms. The topological polar surface area (TPSA) is 67.2 Å². The van der Waals surface area contributed by atoms with E-state index < -0.39 is 10.0 Å². The van der Waals surface area contributed by atoms with E-state index in [0.717, 1.165) is 37.2 Å². The summed E-state index contributed by atoms with van der Waals surface area (Å²) >= 11 is 5.98. The van der Waals surface area contributed by atoms with Crippen LogP contribution in [0.25, 0.3) is 0 Å². The highest BCUT2D eigenvalue weighted by molar-refractivity contribution is 7.89. The van der Waals surface area contributed by atoms with E-state index >= 15 is 0 Å². The number of nitrogens with one attached hydrogen (secondary N) is 1. The fourth-order valence-electron chi connectivity index (χ4n) is 2.97. The fourth-order valence-corrected chi connectivity index (χ4v) is 4.68. The molecule has 1 saturated heterocycles. The number of imidazole rings is 1. The van der Waals surface area contributed by atoms with Gasteiger partial charge in [0.25, 0.3) is 0 Å². The van der Waals surface area contributed by atoms with E-state index in [0.29, 0.717) is 29.7 Å². The Labute approximate surface area is 153 Å². The van der Waals surface area contributed by atoms with E-state index in [-0.39, 0.29) is 0 Å². The number of rotatable bonds is 5. The third kappa shape index (κ3) is 4.16. The molecule has 0 bridgehead atoms. The van der Waals surface area contributed by atoms with Gasteiger partial charge in [0.05, 0.1) is 17.6 Å². The average Bonchev–Trinajstić information content (AvgIpc) is 2.83. The number of halogens is 1. The Bertz CT molecular complexity index is 827. The van der Waals surface area contributed by atoms with Gasteiger partial charge in [-0.2, -0.15) is 4.31 Å². The Morgan fingerprint density at radius 2 is 1.92 bits per heavy atom. The largest absolute Gasteiger partial charge is 0.378 e.